The maximum atomic E-state index is 13.8. The molecule has 7 heterocycles. The minimum absolute atomic E-state index is 0.174. The third-order valence-electron chi connectivity index (χ3n) is 12.9. The lowest BCUT2D eigenvalue weighted by molar-refractivity contribution is -0.136. The minimum atomic E-state index is -0.630. The standard InChI is InChI=1S/C49H56N10O5/c1-32-11-10-24-64-48-38(28-50-55(48)3)41-27-36(25-33(2)51-41)45(61)54-49-52-40-16-15-34(26-43(40)59(49)29-32)30-57-22-20-56(21-23-57)19-8-6-4-5-7-12-35-13-9-14-37-39(35)31-58(47(37)63)42-17-18-44(60)53-46(42)62/h9,13-16,25-28,32,42H,4-6,8,10-11,17-24,29-31H2,1-3H3,(H,52,54,61)(H,53,60,62)/t32-,42?/m1/s1. The van der Waals surface area contributed by atoms with Crippen LogP contribution in [0, 0.1) is 24.7 Å². The number of pyridine rings is 1. The van der Waals surface area contributed by atoms with Crippen molar-refractivity contribution in [2.75, 3.05) is 56.1 Å². The van der Waals surface area contributed by atoms with Crippen LogP contribution in [0.15, 0.2) is 59.7 Å². The van der Waals surface area contributed by atoms with Crippen LogP contribution in [0.3, 0.4) is 0 Å². The Morgan fingerprint density at radius 3 is 2.61 bits per heavy atom. The number of unbranched alkanes of at least 4 members (excludes halogenated alkanes) is 3. The number of ether oxygens (including phenoxy) is 1. The van der Waals surface area contributed by atoms with Crippen molar-refractivity contribution >= 4 is 41.0 Å². The van der Waals surface area contributed by atoms with Crippen molar-refractivity contribution < 1.29 is 23.9 Å². The predicted octanol–water partition coefficient (Wildman–Crippen LogP) is 5.52. The average molecular weight is 865 g/mol. The summed E-state index contributed by atoms with van der Waals surface area (Å²) in [5, 5.41) is 10.2. The highest BCUT2D eigenvalue weighted by Crippen LogP contribution is 2.36. The molecule has 15 nitrogen and oxygen atoms in total. The second-order valence-electron chi connectivity index (χ2n) is 17.8. The highest BCUT2D eigenvalue weighted by Gasteiger charge is 2.40. The predicted molar refractivity (Wildman–Crippen MR) is 244 cm³/mol. The Bertz CT molecular complexity index is 2560. The summed E-state index contributed by atoms with van der Waals surface area (Å²) in [6.07, 6.45) is 8.15. The molecular weight excluding hydrogens is 809 g/mol. The maximum absolute atomic E-state index is 13.8. The van der Waals surface area contributed by atoms with Gasteiger partial charge in [-0.15, -0.1) is 0 Å². The van der Waals surface area contributed by atoms with Crippen LogP contribution in [0.25, 0.3) is 11.3 Å². The first kappa shape index (κ1) is 42.9. The molecule has 4 amide bonds. The first-order valence-electron chi connectivity index (χ1n) is 22.7. The van der Waals surface area contributed by atoms with Crippen LogP contribution in [0.5, 0.6) is 5.88 Å². The molecule has 64 heavy (non-hydrogen) atoms. The number of nitrogens with one attached hydrogen (secondary N) is 2. The Kier molecular flexibility index (Phi) is 12.6. The van der Waals surface area contributed by atoms with E-state index in [1.54, 1.807) is 34.0 Å². The smallest absolute Gasteiger partial charge is 0.280 e. The van der Waals surface area contributed by atoms with Gasteiger partial charge >= 0.3 is 0 Å². The quantitative estimate of drug-likeness (QED) is 0.131. The largest absolute Gasteiger partial charge is 0.477 e. The van der Waals surface area contributed by atoms with Crippen molar-refractivity contribution in [2.24, 2.45) is 18.0 Å². The zero-order chi connectivity index (χ0) is 44.3. The van der Waals surface area contributed by atoms with Crippen molar-refractivity contribution in [2.45, 2.75) is 84.3 Å². The molecule has 2 atom stereocenters. The Balaban J connectivity index is 0.759. The molecule has 0 radical (unpaired) electrons. The van der Waals surface area contributed by atoms with Gasteiger partial charge in [0.05, 0.1) is 35.4 Å². The van der Waals surface area contributed by atoms with Gasteiger partial charge in [0.1, 0.15) is 6.04 Å². The molecule has 0 saturated carbocycles. The van der Waals surface area contributed by atoms with E-state index in [1.807, 2.05) is 26.1 Å². The van der Waals surface area contributed by atoms with Crippen LogP contribution in [0.2, 0.25) is 0 Å². The molecule has 2 saturated heterocycles. The molecule has 2 aromatic carbocycles. The lowest BCUT2D eigenvalue weighted by atomic mass is 10.0. The van der Waals surface area contributed by atoms with Crippen molar-refractivity contribution in [3.63, 3.8) is 0 Å². The number of imide groups is 1. The van der Waals surface area contributed by atoms with Crippen molar-refractivity contribution in [3.05, 3.63) is 88.2 Å². The number of carbonyl (C=O) groups is 4. The molecular formula is C49H56N10O5. The van der Waals surface area contributed by atoms with E-state index >= 15 is 0 Å². The number of anilines is 2. The molecule has 5 aliphatic rings. The Morgan fingerprint density at radius 2 is 1.77 bits per heavy atom. The van der Waals surface area contributed by atoms with Crippen molar-refractivity contribution in [1.82, 2.24) is 34.8 Å². The lowest BCUT2D eigenvalue weighted by Gasteiger charge is -2.34. The molecule has 15 heteroatoms. The first-order valence-corrected chi connectivity index (χ1v) is 22.7. The molecule has 4 aromatic rings. The molecule has 2 fully saturated rings. The molecule has 1 unspecified atom stereocenters. The third-order valence-corrected chi connectivity index (χ3v) is 12.9. The molecule has 2 bridgehead atoms. The van der Waals surface area contributed by atoms with E-state index < -0.39 is 11.9 Å². The average Bonchev–Trinajstić information content (AvgIpc) is 3.93. The van der Waals surface area contributed by atoms with Gasteiger partial charge in [0, 0.05) is 88.1 Å². The van der Waals surface area contributed by atoms with E-state index in [0.717, 1.165) is 106 Å². The zero-order valence-electron chi connectivity index (χ0n) is 37.0. The minimum Gasteiger partial charge on any atom is -0.477 e. The molecule has 2 aromatic heterocycles. The summed E-state index contributed by atoms with van der Waals surface area (Å²) >= 11 is 0. The third kappa shape index (κ3) is 9.30. The van der Waals surface area contributed by atoms with Gasteiger partial charge in [0.25, 0.3) is 11.8 Å². The Labute approximate surface area is 374 Å². The fourth-order valence-corrected chi connectivity index (χ4v) is 9.46. The summed E-state index contributed by atoms with van der Waals surface area (Å²) in [5.41, 5.74) is 8.10. The van der Waals surface area contributed by atoms with Gasteiger partial charge in [-0.3, -0.25) is 34.4 Å². The van der Waals surface area contributed by atoms with Crippen LogP contribution >= 0.6 is 0 Å². The summed E-state index contributed by atoms with van der Waals surface area (Å²) in [6, 6.07) is 15.1. The number of piperidine rings is 1. The van der Waals surface area contributed by atoms with Crippen LogP contribution in [0.1, 0.15) is 101 Å². The number of piperazine rings is 1. The van der Waals surface area contributed by atoms with Gasteiger partial charge in [-0.2, -0.15) is 10.1 Å². The summed E-state index contributed by atoms with van der Waals surface area (Å²) < 4.78 is 7.97. The number of rotatable bonds is 8. The lowest BCUT2D eigenvalue weighted by Crippen LogP contribution is -2.52. The summed E-state index contributed by atoms with van der Waals surface area (Å²) in [5.74, 6) is 6.92. The highest BCUT2D eigenvalue weighted by atomic mass is 16.5. The van der Waals surface area contributed by atoms with E-state index in [2.05, 4.69) is 72.4 Å². The number of aryl methyl sites for hydroxylation is 2. The number of guanidine groups is 1. The Morgan fingerprint density at radius 1 is 0.922 bits per heavy atom. The second-order valence-corrected chi connectivity index (χ2v) is 17.8. The molecule has 0 aliphatic carbocycles. The van der Waals surface area contributed by atoms with Crippen molar-refractivity contribution in [1.29, 1.82) is 0 Å². The Hall–Kier alpha value is -6.37. The van der Waals surface area contributed by atoms with Gasteiger partial charge < -0.3 is 24.8 Å². The molecule has 0 spiro atoms. The van der Waals surface area contributed by atoms with Gasteiger partial charge in [0.2, 0.25) is 23.7 Å². The fourth-order valence-electron chi connectivity index (χ4n) is 9.46. The second kappa shape index (κ2) is 18.8. The first-order chi connectivity index (χ1) is 31.1. The molecule has 2 N–H and O–H groups in total. The zero-order valence-corrected chi connectivity index (χ0v) is 37.0. The number of fused-ring (bicyclic) bond motifs is 8. The monoisotopic (exact) mass is 864 g/mol. The van der Waals surface area contributed by atoms with Crippen LogP contribution < -0.4 is 20.3 Å². The normalized spacial score (nSPS) is 21.2. The number of hydrogen-bond acceptors (Lipinski definition) is 11. The summed E-state index contributed by atoms with van der Waals surface area (Å²) in [4.78, 5) is 69.3. The molecule has 5 aliphatic heterocycles. The summed E-state index contributed by atoms with van der Waals surface area (Å²) in [7, 11) is 1.85. The highest BCUT2D eigenvalue weighted by molar-refractivity contribution is 6.19. The van der Waals surface area contributed by atoms with Gasteiger partial charge in [-0.1, -0.05) is 37.3 Å². The topological polar surface area (TPSA) is 158 Å². The number of nitrogens with zero attached hydrogens (tertiary/aromatic N) is 8. The van der Waals surface area contributed by atoms with Crippen LogP contribution in [0.4, 0.5) is 11.4 Å². The van der Waals surface area contributed by atoms with E-state index in [0.29, 0.717) is 66.4 Å². The number of carbonyl (C=O) groups excluding carboxylic acids is 4. The number of amides is 4. The fraction of sp³-hybridized carbons (Fsp3) is 0.449. The van der Waals surface area contributed by atoms with Gasteiger partial charge in [-0.25, -0.2) is 4.68 Å². The van der Waals surface area contributed by atoms with Crippen molar-refractivity contribution in [3.8, 4) is 29.0 Å². The van der Waals surface area contributed by atoms with E-state index in [-0.39, 0.29) is 24.1 Å². The van der Waals surface area contributed by atoms with E-state index in [4.69, 9.17) is 9.72 Å². The van der Waals surface area contributed by atoms with Crippen LogP contribution in [-0.4, -0.2) is 111 Å². The molecule has 9 rings (SSSR count). The number of hydrogen-bond donors (Lipinski definition) is 2. The van der Waals surface area contributed by atoms with Gasteiger partial charge in [0.15, 0.2) is 0 Å². The van der Waals surface area contributed by atoms with Gasteiger partial charge in [-0.05, 0) is 99.0 Å². The SMILES string of the molecule is Cc1cc2cc(n1)-c1cnn(C)c1OCCC[C@@H](C)CN1/C(=N/C2=O)Nc2ccc(CN3CCN(CCCCCC#Cc4cccc5c4CN(C4CCC(=O)NC4=O)C5=O)CC3)cc21. The number of benzene rings is 2. The number of aliphatic imine (C=N–C) groups is 1. The van der Waals surface area contributed by atoms with E-state index in [9.17, 15) is 19.2 Å². The number of aromatic nitrogens is 3. The van der Waals surface area contributed by atoms with E-state index in [1.165, 1.54) is 5.56 Å². The molecule has 332 valence electrons. The van der Waals surface area contributed by atoms with Crippen LogP contribution in [-0.2, 0) is 29.7 Å². The summed E-state index contributed by atoms with van der Waals surface area (Å²) in [6.45, 7) is 11.7. The maximum Gasteiger partial charge on any atom is 0.280 e.